The van der Waals surface area contributed by atoms with E-state index in [-0.39, 0.29) is 24.2 Å². The van der Waals surface area contributed by atoms with E-state index >= 15 is 0 Å². The van der Waals surface area contributed by atoms with Crippen LogP contribution in [0.3, 0.4) is 0 Å². The van der Waals surface area contributed by atoms with Crippen molar-refractivity contribution in [2.45, 2.75) is 12.5 Å². The highest BCUT2D eigenvalue weighted by Crippen LogP contribution is 2.20. The molecule has 4 nitrogen and oxygen atoms in total. The van der Waals surface area contributed by atoms with Crippen molar-refractivity contribution in [3.8, 4) is 0 Å². The molecule has 0 aliphatic carbocycles. The molecule has 1 aromatic heterocycles. The van der Waals surface area contributed by atoms with Crippen LogP contribution < -0.4 is 5.32 Å². The van der Waals surface area contributed by atoms with Gasteiger partial charge in [0.15, 0.2) is 0 Å². The number of benzene rings is 2. The predicted octanol–water partition coefficient (Wildman–Crippen LogP) is 3.01. The molecule has 3 aromatic rings. The number of nitrogens with one attached hydrogen (secondary N) is 1. The van der Waals surface area contributed by atoms with Gasteiger partial charge in [-0.3, -0.25) is 4.79 Å². The fourth-order valence-corrected chi connectivity index (χ4v) is 2.62. The second kappa shape index (κ2) is 7.08. The summed E-state index contributed by atoms with van der Waals surface area (Å²) in [6.45, 7) is 0. The Labute approximate surface area is 140 Å². The lowest BCUT2D eigenvalue weighted by Gasteiger charge is -2.19. The van der Waals surface area contributed by atoms with Gasteiger partial charge in [0.05, 0.1) is 6.42 Å². The van der Waals surface area contributed by atoms with Crippen LogP contribution in [-0.4, -0.2) is 15.5 Å². The smallest absolute Gasteiger partial charge is 0.225 e. The topological polar surface area (TPSA) is 46.9 Å². The van der Waals surface area contributed by atoms with Gasteiger partial charge in [0.1, 0.15) is 17.7 Å². The van der Waals surface area contributed by atoms with Crippen molar-refractivity contribution in [2.24, 2.45) is 7.05 Å². The van der Waals surface area contributed by atoms with Gasteiger partial charge in [-0.25, -0.2) is 9.37 Å². The summed E-state index contributed by atoms with van der Waals surface area (Å²) in [5.41, 5.74) is 1.30. The highest BCUT2D eigenvalue weighted by atomic mass is 19.1. The fourth-order valence-electron chi connectivity index (χ4n) is 2.62. The molecule has 1 atom stereocenters. The number of nitrogens with zero attached hydrogens (tertiary/aromatic N) is 2. The molecule has 122 valence electrons. The Kier molecular flexibility index (Phi) is 4.70. The van der Waals surface area contributed by atoms with E-state index in [1.165, 1.54) is 6.07 Å². The van der Waals surface area contributed by atoms with Crippen LogP contribution in [0.4, 0.5) is 4.39 Å². The van der Waals surface area contributed by atoms with Crippen LogP contribution in [0.15, 0.2) is 67.0 Å². The van der Waals surface area contributed by atoms with E-state index in [4.69, 9.17) is 0 Å². The molecular weight excluding hydrogens is 305 g/mol. The maximum Gasteiger partial charge on any atom is 0.225 e. The first-order chi connectivity index (χ1) is 11.6. The van der Waals surface area contributed by atoms with Crippen molar-refractivity contribution in [2.75, 3.05) is 0 Å². The highest BCUT2D eigenvalue weighted by molar-refractivity contribution is 5.79. The lowest BCUT2D eigenvalue weighted by molar-refractivity contribution is -0.121. The molecule has 24 heavy (non-hydrogen) atoms. The normalized spacial score (nSPS) is 11.9. The minimum absolute atomic E-state index is 0.0135. The molecular formula is C19H18FN3O. The number of carbonyl (C=O) groups is 1. The van der Waals surface area contributed by atoms with Crippen LogP contribution in [-0.2, 0) is 18.3 Å². The van der Waals surface area contributed by atoms with E-state index in [2.05, 4.69) is 10.3 Å². The van der Waals surface area contributed by atoms with Crippen LogP contribution in [0, 0.1) is 5.82 Å². The SMILES string of the molecule is Cn1ccnc1C(NC(=O)Cc1ccccc1F)c1ccccc1. The zero-order valence-corrected chi connectivity index (χ0v) is 13.3. The zero-order chi connectivity index (χ0) is 16.9. The Morgan fingerprint density at radius 3 is 2.54 bits per heavy atom. The number of amides is 1. The van der Waals surface area contributed by atoms with E-state index in [0.717, 1.165) is 11.4 Å². The average Bonchev–Trinajstić information content (AvgIpc) is 3.01. The molecule has 0 fully saturated rings. The van der Waals surface area contributed by atoms with Gasteiger partial charge in [-0.2, -0.15) is 0 Å². The molecule has 1 heterocycles. The lowest BCUT2D eigenvalue weighted by atomic mass is 10.1. The Morgan fingerprint density at radius 2 is 1.88 bits per heavy atom. The molecule has 0 bridgehead atoms. The van der Waals surface area contributed by atoms with Crippen molar-refractivity contribution in [3.63, 3.8) is 0 Å². The average molecular weight is 323 g/mol. The summed E-state index contributed by atoms with van der Waals surface area (Å²) in [5.74, 6) is 0.0981. The number of carbonyl (C=O) groups excluding carboxylic acids is 1. The van der Waals surface area contributed by atoms with E-state index in [0.29, 0.717) is 5.56 Å². The van der Waals surface area contributed by atoms with Crippen LogP contribution in [0.25, 0.3) is 0 Å². The molecule has 0 saturated carbocycles. The summed E-state index contributed by atoms with van der Waals surface area (Å²) in [6, 6.07) is 15.5. The van der Waals surface area contributed by atoms with E-state index < -0.39 is 0 Å². The van der Waals surface area contributed by atoms with Gasteiger partial charge in [-0.05, 0) is 17.2 Å². The molecule has 3 rings (SSSR count). The van der Waals surface area contributed by atoms with Crippen LogP contribution >= 0.6 is 0 Å². The molecule has 1 N–H and O–H groups in total. The number of hydrogen-bond donors (Lipinski definition) is 1. The third-order valence-electron chi connectivity index (χ3n) is 3.86. The quantitative estimate of drug-likeness (QED) is 0.784. The van der Waals surface area contributed by atoms with Crippen molar-refractivity contribution < 1.29 is 9.18 Å². The number of hydrogen-bond acceptors (Lipinski definition) is 2. The van der Waals surface area contributed by atoms with Crippen molar-refractivity contribution >= 4 is 5.91 Å². The molecule has 0 radical (unpaired) electrons. The summed E-state index contributed by atoms with van der Waals surface area (Å²) in [5, 5.41) is 2.96. The first-order valence-electron chi connectivity index (χ1n) is 7.70. The summed E-state index contributed by atoms with van der Waals surface area (Å²) in [7, 11) is 1.88. The van der Waals surface area contributed by atoms with Crippen LogP contribution in [0.5, 0.6) is 0 Å². The molecule has 0 spiro atoms. The number of aromatic nitrogens is 2. The van der Waals surface area contributed by atoms with Crippen molar-refractivity contribution in [1.82, 2.24) is 14.9 Å². The lowest BCUT2D eigenvalue weighted by Crippen LogP contribution is -2.32. The Morgan fingerprint density at radius 1 is 1.17 bits per heavy atom. The van der Waals surface area contributed by atoms with E-state index in [9.17, 15) is 9.18 Å². The van der Waals surface area contributed by atoms with Gasteiger partial charge in [0, 0.05) is 19.4 Å². The fraction of sp³-hybridized carbons (Fsp3) is 0.158. The Hall–Kier alpha value is -2.95. The third-order valence-corrected chi connectivity index (χ3v) is 3.86. The van der Waals surface area contributed by atoms with E-state index in [1.807, 2.05) is 48.1 Å². The molecule has 1 amide bonds. The van der Waals surface area contributed by atoms with Gasteiger partial charge in [-0.15, -0.1) is 0 Å². The molecule has 5 heteroatoms. The van der Waals surface area contributed by atoms with Gasteiger partial charge in [0.25, 0.3) is 0 Å². The number of imidazole rings is 1. The third kappa shape index (κ3) is 3.51. The molecule has 1 unspecified atom stereocenters. The maximum absolute atomic E-state index is 13.8. The van der Waals surface area contributed by atoms with Crippen molar-refractivity contribution in [1.29, 1.82) is 0 Å². The molecule has 2 aromatic carbocycles. The first-order valence-corrected chi connectivity index (χ1v) is 7.70. The zero-order valence-electron chi connectivity index (χ0n) is 13.3. The summed E-state index contributed by atoms with van der Waals surface area (Å²) in [4.78, 5) is 16.8. The largest absolute Gasteiger partial charge is 0.342 e. The summed E-state index contributed by atoms with van der Waals surface area (Å²) < 4.78 is 15.6. The molecule has 0 aliphatic rings. The summed E-state index contributed by atoms with van der Waals surface area (Å²) in [6.07, 6.45) is 3.50. The van der Waals surface area contributed by atoms with Gasteiger partial charge < -0.3 is 9.88 Å². The van der Waals surface area contributed by atoms with Gasteiger partial charge >= 0.3 is 0 Å². The second-order valence-electron chi connectivity index (χ2n) is 5.58. The van der Waals surface area contributed by atoms with E-state index in [1.54, 1.807) is 24.4 Å². The van der Waals surface area contributed by atoms with Crippen LogP contribution in [0.1, 0.15) is 23.0 Å². The Bertz CT molecular complexity index is 829. The number of rotatable bonds is 5. The maximum atomic E-state index is 13.8. The monoisotopic (exact) mass is 323 g/mol. The second-order valence-corrected chi connectivity index (χ2v) is 5.58. The number of halogens is 1. The summed E-state index contributed by atoms with van der Waals surface area (Å²) >= 11 is 0. The highest BCUT2D eigenvalue weighted by Gasteiger charge is 2.21. The predicted molar refractivity (Wildman–Crippen MR) is 89.7 cm³/mol. The van der Waals surface area contributed by atoms with Gasteiger partial charge in [0.2, 0.25) is 5.91 Å². The minimum Gasteiger partial charge on any atom is -0.342 e. The molecule has 0 saturated heterocycles. The Balaban J connectivity index is 1.84. The van der Waals surface area contributed by atoms with Gasteiger partial charge in [-0.1, -0.05) is 48.5 Å². The molecule has 0 aliphatic heterocycles. The number of aryl methyl sites for hydroxylation is 1. The first kappa shape index (κ1) is 15.9. The van der Waals surface area contributed by atoms with Crippen LogP contribution in [0.2, 0.25) is 0 Å². The van der Waals surface area contributed by atoms with Crippen molar-refractivity contribution in [3.05, 3.63) is 89.8 Å². The minimum atomic E-state index is -0.384. The standard InChI is InChI=1S/C19H18FN3O/c1-23-12-11-21-19(23)18(14-7-3-2-4-8-14)22-17(24)13-15-9-5-6-10-16(15)20/h2-12,18H,13H2,1H3,(H,22,24).